The van der Waals surface area contributed by atoms with Crippen molar-refractivity contribution in [3.8, 4) is 0 Å². The van der Waals surface area contributed by atoms with E-state index < -0.39 is 0 Å². The Morgan fingerprint density at radius 3 is 2.68 bits per heavy atom. The molecule has 0 radical (unpaired) electrons. The van der Waals surface area contributed by atoms with E-state index in [2.05, 4.69) is 41.6 Å². The van der Waals surface area contributed by atoms with Gasteiger partial charge in [-0.1, -0.05) is 20.3 Å². The first-order valence-corrected chi connectivity index (χ1v) is 7.78. The maximum absolute atomic E-state index is 4.34. The number of rotatable bonds is 6. The second kappa shape index (κ2) is 7.37. The predicted octanol–water partition coefficient (Wildman–Crippen LogP) is 4.28. The van der Waals surface area contributed by atoms with Gasteiger partial charge in [0.25, 0.3) is 0 Å². The zero-order valence-corrected chi connectivity index (χ0v) is 12.3. The van der Waals surface area contributed by atoms with E-state index in [4.69, 9.17) is 0 Å². The Bertz CT molecular complexity index is 370. The standard InChI is InChI=1S/C16H27N3/c1-3-10-17-16-12-15(9-11-18-16)19-14-7-5-13(4-2)6-8-14/h9,11-14H,3-8,10H2,1-2H3,(H2,17,18,19). The van der Waals surface area contributed by atoms with Gasteiger partial charge in [0.05, 0.1) is 0 Å². The molecule has 0 aromatic carbocycles. The van der Waals surface area contributed by atoms with Gasteiger partial charge in [0.15, 0.2) is 0 Å². The number of hydrogen-bond donors (Lipinski definition) is 2. The molecule has 1 heterocycles. The summed E-state index contributed by atoms with van der Waals surface area (Å²) in [5.74, 6) is 1.94. The Morgan fingerprint density at radius 2 is 2.00 bits per heavy atom. The number of hydrogen-bond acceptors (Lipinski definition) is 3. The van der Waals surface area contributed by atoms with E-state index in [0.29, 0.717) is 6.04 Å². The molecule has 1 aromatic rings. The molecule has 3 nitrogen and oxygen atoms in total. The number of anilines is 2. The fraction of sp³-hybridized carbons (Fsp3) is 0.688. The zero-order chi connectivity index (χ0) is 13.5. The summed E-state index contributed by atoms with van der Waals surface area (Å²) in [7, 11) is 0. The molecule has 1 aliphatic rings. The van der Waals surface area contributed by atoms with E-state index in [1.807, 2.05) is 6.20 Å². The van der Waals surface area contributed by atoms with Crippen molar-refractivity contribution in [3.63, 3.8) is 0 Å². The Labute approximate surface area is 117 Å². The Morgan fingerprint density at radius 1 is 1.21 bits per heavy atom. The summed E-state index contributed by atoms with van der Waals surface area (Å²) in [4.78, 5) is 4.34. The molecule has 0 saturated heterocycles. The Kier molecular flexibility index (Phi) is 5.49. The number of nitrogens with one attached hydrogen (secondary N) is 2. The third kappa shape index (κ3) is 4.41. The van der Waals surface area contributed by atoms with Crippen molar-refractivity contribution in [2.24, 2.45) is 5.92 Å². The van der Waals surface area contributed by atoms with Crippen molar-refractivity contribution >= 4 is 11.5 Å². The summed E-state index contributed by atoms with van der Waals surface area (Å²) in [5, 5.41) is 7.00. The molecule has 1 saturated carbocycles. The third-order valence-corrected chi connectivity index (χ3v) is 4.11. The molecule has 3 heteroatoms. The van der Waals surface area contributed by atoms with E-state index in [1.165, 1.54) is 37.8 Å². The minimum absolute atomic E-state index is 0.643. The van der Waals surface area contributed by atoms with Crippen LogP contribution in [0.2, 0.25) is 0 Å². The van der Waals surface area contributed by atoms with Crippen LogP contribution in [0.25, 0.3) is 0 Å². The van der Waals surface area contributed by atoms with Crippen LogP contribution >= 0.6 is 0 Å². The smallest absolute Gasteiger partial charge is 0.127 e. The van der Waals surface area contributed by atoms with Gasteiger partial charge in [-0.25, -0.2) is 4.98 Å². The summed E-state index contributed by atoms with van der Waals surface area (Å²) in [5.41, 5.74) is 1.20. The van der Waals surface area contributed by atoms with Gasteiger partial charge in [-0.15, -0.1) is 0 Å². The van der Waals surface area contributed by atoms with Crippen molar-refractivity contribution in [2.45, 2.75) is 58.4 Å². The minimum atomic E-state index is 0.643. The van der Waals surface area contributed by atoms with Crippen molar-refractivity contribution in [3.05, 3.63) is 18.3 Å². The van der Waals surface area contributed by atoms with Gasteiger partial charge in [-0.3, -0.25) is 0 Å². The highest BCUT2D eigenvalue weighted by Crippen LogP contribution is 2.28. The molecule has 0 bridgehead atoms. The first-order valence-electron chi connectivity index (χ1n) is 7.78. The predicted molar refractivity (Wildman–Crippen MR) is 82.7 cm³/mol. The average Bonchev–Trinajstić information content (AvgIpc) is 2.46. The number of pyridine rings is 1. The van der Waals surface area contributed by atoms with Crippen LogP contribution in [0.1, 0.15) is 52.4 Å². The quantitative estimate of drug-likeness (QED) is 0.802. The fourth-order valence-corrected chi connectivity index (χ4v) is 2.82. The molecule has 1 fully saturated rings. The van der Waals surface area contributed by atoms with Gasteiger partial charge >= 0.3 is 0 Å². The molecule has 0 spiro atoms. The maximum Gasteiger partial charge on any atom is 0.127 e. The largest absolute Gasteiger partial charge is 0.382 e. The highest BCUT2D eigenvalue weighted by molar-refractivity contribution is 5.52. The number of aromatic nitrogens is 1. The second-order valence-corrected chi connectivity index (χ2v) is 5.63. The van der Waals surface area contributed by atoms with Gasteiger partial charge < -0.3 is 10.6 Å². The highest BCUT2D eigenvalue weighted by atomic mass is 15.0. The molecule has 0 unspecified atom stereocenters. The van der Waals surface area contributed by atoms with Crippen molar-refractivity contribution in [1.82, 2.24) is 4.98 Å². The van der Waals surface area contributed by atoms with E-state index in [0.717, 1.165) is 24.7 Å². The molecular formula is C16H27N3. The van der Waals surface area contributed by atoms with Crippen molar-refractivity contribution in [1.29, 1.82) is 0 Å². The van der Waals surface area contributed by atoms with E-state index >= 15 is 0 Å². The summed E-state index contributed by atoms with van der Waals surface area (Å²) >= 11 is 0. The molecular weight excluding hydrogens is 234 g/mol. The van der Waals surface area contributed by atoms with Crippen molar-refractivity contribution < 1.29 is 0 Å². The van der Waals surface area contributed by atoms with Crippen LogP contribution in [0.5, 0.6) is 0 Å². The van der Waals surface area contributed by atoms with Gasteiger partial charge in [-0.05, 0) is 44.1 Å². The van der Waals surface area contributed by atoms with Crippen LogP contribution in [0.3, 0.4) is 0 Å². The lowest BCUT2D eigenvalue weighted by Gasteiger charge is -2.29. The monoisotopic (exact) mass is 261 g/mol. The van der Waals surface area contributed by atoms with Crippen molar-refractivity contribution in [2.75, 3.05) is 17.2 Å². The van der Waals surface area contributed by atoms with E-state index in [9.17, 15) is 0 Å². The van der Waals surface area contributed by atoms with Crippen LogP contribution < -0.4 is 10.6 Å². The molecule has 0 atom stereocenters. The second-order valence-electron chi connectivity index (χ2n) is 5.63. The summed E-state index contributed by atoms with van der Waals surface area (Å²) in [6.45, 7) is 5.46. The molecule has 2 rings (SSSR count). The Hall–Kier alpha value is -1.25. The van der Waals surface area contributed by atoms with Gasteiger partial charge in [0.1, 0.15) is 5.82 Å². The van der Waals surface area contributed by atoms with Gasteiger partial charge in [0.2, 0.25) is 0 Å². The first kappa shape index (κ1) is 14.2. The lowest BCUT2D eigenvalue weighted by atomic mass is 9.84. The highest BCUT2D eigenvalue weighted by Gasteiger charge is 2.19. The molecule has 106 valence electrons. The van der Waals surface area contributed by atoms with Crippen LogP contribution in [-0.4, -0.2) is 17.6 Å². The van der Waals surface area contributed by atoms with Crippen LogP contribution in [0.4, 0.5) is 11.5 Å². The van der Waals surface area contributed by atoms with Crippen LogP contribution in [-0.2, 0) is 0 Å². The normalized spacial score (nSPS) is 23.1. The topological polar surface area (TPSA) is 37.0 Å². The molecule has 19 heavy (non-hydrogen) atoms. The molecule has 1 aliphatic carbocycles. The lowest BCUT2D eigenvalue weighted by molar-refractivity contribution is 0.330. The van der Waals surface area contributed by atoms with Gasteiger partial charge in [0, 0.05) is 30.5 Å². The van der Waals surface area contributed by atoms with Crippen LogP contribution in [0, 0.1) is 5.92 Å². The summed E-state index contributed by atoms with van der Waals surface area (Å²) < 4.78 is 0. The fourth-order valence-electron chi connectivity index (χ4n) is 2.82. The first-order chi connectivity index (χ1) is 9.31. The van der Waals surface area contributed by atoms with E-state index in [1.54, 1.807) is 0 Å². The molecule has 1 aromatic heterocycles. The maximum atomic E-state index is 4.34. The summed E-state index contributed by atoms with van der Waals surface area (Å²) in [6.07, 6.45) is 9.71. The SMILES string of the molecule is CCCNc1cc(NC2CCC(CC)CC2)ccn1. The average molecular weight is 261 g/mol. The zero-order valence-electron chi connectivity index (χ0n) is 12.3. The third-order valence-electron chi connectivity index (χ3n) is 4.11. The molecule has 2 N–H and O–H groups in total. The van der Waals surface area contributed by atoms with E-state index in [-0.39, 0.29) is 0 Å². The molecule has 0 amide bonds. The molecule has 0 aliphatic heterocycles. The number of nitrogens with zero attached hydrogens (tertiary/aromatic N) is 1. The van der Waals surface area contributed by atoms with Crippen LogP contribution in [0.15, 0.2) is 18.3 Å². The van der Waals surface area contributed by atoms with Gasteiger partial charge in [-0.2, -0.15) is 0 Å². The Balaban J connectivity index is 1.85. The lowest BCUT2D eigenvalue weighted by Crippen LogP contribution is -2.25. The summed E-state index contributed by atoms with van der Waals surface area (Å²) in [6, 6.07) is 4.84. The minimum Gasteiger partial charge on any atom is -0.382 e.